The first-order valence-corrected chi connectivity index (χ1v) is 6.48. The van der Waals surface area contributed by atoms with Crippen LogP contribution in [-0.2, 0) is 4.79 Å². The number of nitrogens with one attached hydrogen (secondary N) is 2. The zero-order valence-corrected chi connectivity index (χ0v) is 11.8. The summed E-state index contributed by atoms with van der Waals surface area (Å²) >= 11 is 1.29. The van der Waals surface area contributed by atoms with Crippen LogP contribution in [0.5, 0.6) is 5.75 Å². The van der Waals surface area contributed by atoms with Gasteiger partial charge in [0.25, 0.3) is 0 Å². The van der Waals surface area contributed by atoms with Gasteiger partial charge in [0.1, 0.15) is 5.75 Å². The predicted molar refractivity (Wildman–Crippen MR) is 75.3 cm³/mol. The summed E-state index contributed by atoms with van der Waals surface area (Å²) in [5.41, 5.74) is 6.24. The minimum absolute atomic E-state index is 0.372. The van der Waals surface area contributed by atoms with E-state index in [0.29, 0.717) is 11.4 Å². The molecule has 1 rings (SSSR count). The molecule has 0 fully saturated rings. The summed E-state index contributed by atoms with van der Waals surface area (Å²) in [6, 6.07) is 4.67. The highest BCUT2D eigenvalue weighted by molar-refractivity contribution is 8.00. The molecule has 1 aromatic carbocycles. The van der Waals surface area contributed by atoms with Crippen molar-refractivity contribution in [3.05, 3.63) is 18.2 Å². The highest BCUT2D eigenvalue weighted by Crippen LogP contribution is 2.33. The topological polar surface area (TPSA) is 93.5 Å². The van der Waals surface area contributed by atoms with Crippen molar-refractivity contribution in [3.8, 4) is 5.75 Å². The van der Waals surface area contributed by atoms with E-state index in [0.717, 1.165) is 4.90 Å². The quantitative estimate of drug-likeness (QED) is 0.570. The first-order valence-electron chi connectivity index (χ1n) is 5.60. The Morgan fingerprint density at radius 3 is 2.68 bits per heavy atom. The Kier molecular flexibility index (Phi) is 5.50. The van der Waals surface area contributed by atoms with Gasteiger partial charge in [0.05, 0.1) is 17.3 Å². The molecular formula is C12H17N3O3S. The molecule has 104 valence electrons. The van der Waals surface area contributed by atoms with Gasteiger partial charge >= 0.3 is 6.03 Å². The van der Waals surface area contributed by atoms with Crippen molar-refractivity contribution in [2.75, 3.05) is 19.9 Å². The molecule has 0 aliphatic heterocycles. The van der Waals surface area contributed by atoms with Gasteiger partial charge in [-0.05, 0) is 19.1 Å². The van der Waals surface area contributed by atoms with Crippen molar-refractivity contribution in [2.24, 2.45) is 0 Å². The lowest BCUT2D eigenvalue weighted by molar-refractivity contribution is -0.119. The van der Waals surface area contributed by atoms with E-state index in [2.05, 4.69) is 10.6 Å². The average molecular weight is 283 g/mol. The summed E-state index contributed by atoms with van der Waals surface area (Å²) < 4.78 is 5.20. The van der Waals surface area contributed by atoms with Crippen LogP contribution in [0.1, 0.15) is 6.92 Å². The van der Waals surface area contributed by atoms with Crippen LogP contribution in [-0.4, -0.2) is 31.3 Å². The number of anilines is 1. The summed E-state index contributed by atoms with van der Waals surface area (Å²) in [4.78, 5) is 23.6. The van der Waals surface area contributed by atoms with E-state index in [1.807, 2.05) is 0 Å². The van der Waals surface area contributed by atoms with Crippen LogP contribution in [0, 0.1) is 0 Å². The highest BCUT2D eigenvalue weighted by atomic mass is 32.2. The van der Waals surface area contributed by atoms with Crippen LogP contribution < -0.4 is 21.1 Å². The van der Waals surface area contributed by atoms with Crippen LogP contribution in [0.25, 0.3) is 0 Å². The standard InChI is InChI=1S/C12H17N3O3S/c1-7(11(16)15-12(17)14-2)19-10-5-4-8(13)6-9(10)18-3/h4-7H,13H2,1-3H3,(H2,14,15,16,17). The summed E-state index contributed by atoms with van der Waals surface area (Å²) in [6.07, 6.45) is 0. The van der Waals surface area contributed by atoms with Gasteiger partial charge in [-0.1, -0.05) is 0 Å². The number of carbonyl (C=O) groups excluding carboxylic acids is 2. The number of rotatable bonds is 4. The number of thioether (sulfide) groups is 1. The normalized spacial score (nSPS) is 11.5. The van der Waals surface area contributed by atoms with Crippen molar-refractivity contribution >= 4 is 29.4 Å². The van der Waals surface area contributed by atoms with Crippen LogP contribution in [0.3, 0.4) is 0 Å². The highest BCUT2D eigenvalue weighted by Gasteiger charge is 2.18. The van der Waals surface area contributed by atoms with Crippen molar-refractivity contribution in [3.63, 3.8) is 0 Å². The number of benzene rings is 1. The second-order valence-electron chi connectivity index (χ2n) is 3.74. The molecule has 0 saturated heterocycles. The van der Waals surface area contributed by atoms with E-state index in [1.165, 1.54) is 25.9 Å². The molecule has 0 heterocycles. The zero-order chi connectivity index (χ0) is 14.4. The number of urea groups is 1. The molecule has 3 amide bonds. The van der Waals surface area contributed by atoms with Crippen LogP contribution in [0.2, 0.25) is 0 Å². The van der Waals surface area contributed by atoms with E-state index < -0.39 is 11.3 Å². The third-order valence-corrected chi connectivity index (χ3v) is 3.48. The van der Waals surface area contributed by atoms with Crippen LogP contribution in [0.15, 0.2) is 23.1 Å². The second kappa shape index (κ2) is 6.89. The van der Waals surface area contributed by atoms with Gasteiger partial charge in [-0.25, -0.2) is 4.79 Å². The lowest BCUT2D eigenvalue weighted by Crippen LogP contribution is -2.41. The SMILES string of the molecule is CNC(=O)NC(=O)C(C)Sc1ccc(N)cc1OC. The minimum Gasteiger partial charge on any atom is -0.496 e. The lowest BCUT2D eigenvalue weighted by Gasteiger charge is -2.13. The Morgan fingerprint density at radius 1 is 1.42 bits per heavy atom. The molecule has 19 heavy (non-hydrogen) atoms. The number of carbonyl (C=O) groups is 2. The molecule has 1 aromatic rings. The van der Waals surface area contributed by atoms with Gasteiger partial charge in [0, 0.05) is 18.8 Å². The third kappa shape index (κ3) is 4.36. The summed E-state index contributed by atoms with van der Waals surface area (Å²) in [7, 11) is 2.98. The number of hydrogen-bond donors (Lipinski definition) is 3. The molecule has 0 saturated carbocycles. The molecule has 0 aliphatic carbocycles. The van der Waals surface area contributed by atoms with Crippen molar-refractivity contribution in [1.29, 1.82) is 0 Å². The third-order valence-electron chi connectivity index (χ3n) is 2.32. The van der Waals surface area contributed by atoms with E-state index >= 15 is 0 Å². The molecular weight excluding hydrogens is 266 g/mol. The Labute approximate surface area is 116 Å². The summed E-state index contributed by atoms with van der Waals surface area (Å²) in [5.74, 6) is 0.229. The van der Waals surface area contributed by atoms with Gasteiger partial charge in [-0.2, -0.15) is 0 Å². The first-order chi connectivity index (χ1) is 8.97. The molecule has 0 radical (unpaired) electrons. The van der Waals surface area contributed by atoms with Gasteiger partial charge in [0.15, 0.2) is 0 Å². The number of imide groups is 1. The lowest BCUT2D eigenvalue weighted by atomic mass is 10.3. The maximum absolute atomic E-state index is 11.7. The van der Waals surface area contributed by atoms with E-state index in [1.54, 1.807) is 25.1 Å². The molecule has 7 heteroatoms. The molecule has 1 atom stereocenters. The second-order valence-corrected chi connectivity index (χ2v) is 5.12. The number of nitrogens with two attached hydrogens (primary N) is 1. The zero-order valence-electron chi connectivity index (χ0n) is 11.0. The van der Waals surface area contributed by atoms with Gasteiger partial charge in [-0.15, -0.1) is 11.8 Å². The average Bonchev–Trinajstić information content (AvgIpc) is 2.40. The maximum Gasteiger partial charge on any atom is 0.321 e. The smallest absolute Gasteiger partial charge is 0.321 e. The van der Waals surface area contributed by atoms with Gasteiger partial charge < -0.3 is 15.8 Å². The minimum atomic E-state index is -0.526. The molecule has 6 nitrogen and oxygen atoms in total. The van der Waals surface area contributed by atoms with E-state index in [4.69, 9.17) is 10.5 Å². The Hall–Kier alpha value is -1.89. The fraction of sp³-hybridized carbons (Fsp3) is 0.333. The van der Waals surface area contributed by atoms with Gasteiger partial charge in [0.2, 0.25) is 5.91 Å². The fourth-order valence-corrected chi connectivity index (χ4v) is 2.25. The molecule has 0 aromatic heterocycles. The monoisotopic (exact) mass is 283 g/mol. The molecule has 4 N–H and O–H groups in total. The number of nitrogen functional groups attached to an aromatic ring is 1. The summed E-state index contributed by atoms with van der Waals surface area (Å²) in [6.45, 7) is 1.71. The Bertz CT molecular complexity index is 479. The van der Waals surface area contributed by atoms with Crippen molar-refractivity contribution < 1.29 is 14.3 Å². The maximum atomic E-state index is 11.7. The van der Waals surface area contributed by atoms with Crippen LogP contribution >= 0.6 is 11.8 Å². The van der Waals surface area contributed by atoms with E-state index in [-0.39, 0.29) is 5.91 Å². The first kappa shape index (κ1) is 15.2. The summed E-state index contributed by atoms with van der Waals surface area (Å²) in [5, 5.41) is 4.11. The molecule has 0 spiro atoms. The largest absolute Gasteiger partial charge is 0.496 e. The van der Waals surface area contributed by atoms with Crippen molar-refractivity contribution in [1.82, 2.24) is 10.6 Å². The Morgan fingerprint density at radius 2 is 2.11 bits per heavy atom. The Balaban J connectivity index is 2.73. The number of amides is 3. The number of methoxy groups -OCH3 is 1. The molecule has 1 unspecified atom stereocenters. The fourth-order valence-electron chi connectivity index (χ4n) is 1.30. The predicted octanol–water partition coefficient (Wildman–Crippen LogP) is 1.21. The number of hydrogen-bond acceptors (Lipinski definition) is 5. The van der Waals surface area contributed by atoms with Crippen LogP contribution in [0.4, 0.5) is 10.5 Å². The van der Waals surface area contributed by atoms with Crippen molar-refractivity contribution in [2.45, 2.75) is 17.1 Å². The van der Waals surface area contributed by atoms with E-state index in [9.17, 15) is 9.59 Å². The number of ether oxygens (including phenoxy) is 1. The van der Waals surface area contributed by atoms with Gasteiger partial charge in [-0.3, -0.25) is 10.1 Å². The molecule has 0 aliphatic rings. The molecule has 0 bridgehead atoms.